The lowest BCUT2D eigenvalue weighted by atomic mass is 10.2. The summed E-state index contributed by atoms with van der Waals surface area (Å²) in [7, 11) is -4.20. The second-order valence-corrected chi connectivity index (χ2v) is 7.62. The van der Waals surface area contributed by atoms with E-state index in [2.05, 4.69) is 36.6 Å². The molecule has 3 nitrogen and oxygen atoms in total. The summed E-state index contributed by atoms with van der Waals surface area (Å²) in [6.45, 7) is 1.79. The van der Waals surface area contributed by atoms with Crippen molar-refractivity contribution in [2.24, 2.45) is 0 Å². The summed E-state index contributed by atoms with van der Waals surface area (Å²) >= 11 is 6.08. The predicted octanol–water partition coefficient (Wildman–Crippen LogP) is 4.60. The fourth-order valence-corrected chi connectivity index (χ4v) is 4.41. The first-order chi connectivity index (χ1) is 9.70. The molecule has 21 heavy (non-hydrogen) atoms. The largest absolute Gasteiger partial charge is 0.278 e. The number of halogens is 4. The summed E-state index contributed by atoms with van der Waals surface area (Å²) in [5.74, 6) is -2.03. The van der Waals surface area contributed by atoms with Gasteiger partial charge in [-0.1, -0.05) is 6.07 Å². The number of nitrogens with one attached hydrogen (secondary N) is 1. The van der Waals surface area contributed by atoms with E-state index in [9.17, 15) is 17.2 Å². The smallest absolute Gasteiger partial charge is 0.265 e. The van der Waals surface area contributed by atoms with E-state index in [1.54, 1.807) is 25.1 Å². The van der Waals surface area contributed by atoms with Gasteiger partial charge in [-0.25, -0.2) is 17.2 Å². The van der Waals surface area contributed by atoms with Crippen molar-refractivity contribution in [2.75, 3.05) is 4.72 Å². The molecule has 0 aliphatic heterocycles. The van der Waals surface area contributed by atoms with E-state index in [-0.39, 0.29) is 10.2 Å². The van der Waals surface area contributed by atoms with Crippen molar-refractivity contribution in [3.63, 3.8) is 0 Å². The van der Waals surface area contributed by atoms with E-state index in [0.29, 0.717) is 10.5 Å². The van der Waals surface area contributed by atoms with E-state index >= 15 is 0 Å². The summed E-state index contributed by atoms with van der Waals surface area (Å²) in [6, 6.07) is 6.46. The van der Waals surface area contributed by atoms with Crippen LogP contribution in [0.15, 0.2) is 44.2 Å². The number of benzene rings is 2. The van der Waals surface area contributed by atoms with Crippen LogP contribution in [0.2, 0.25) is 0 Å². The quantitative estimate of drug-likeness (QED) is 0.758. The summed E-state index contributed by atoms with van der Waals surface area (Å²) < 4.78 is 54.0. The molecule has 2 aromatic rings. The molecule has 0 heterocycles. The number of hydrogen-bond donors (Lipinski definition) is 1. The molecule has 0 aliphatic rings. The molecule has 0 aromatic heterocycles. The summed E-state index contributed by atoms with van der Waals surface area (Å²) in [5, 5.41) is 0. The van der Waals surface area contributed by atoms with Gasteiger partial charge in [0.25, 0.3) is 10.0 Å². The van der Waals surface area contributed by atoms with Crippen molar-refractivity contribution < 1.29 is 17.2 Å². The molecule has 2 rings (SSSR count). The van der Waals surface area contributed by atoms with E-state index in [1.807, 2.05) is 0 Å². The second kappa shape index (κ2) is 6.02. The lowest BCUT2D eigenvalue weighted by Gasteiger charge is -2.12. The van der Waals surface area contributed by atoms with Crippen LogP contribution in [0.1, 0.15) is 5.56 Å². The van der Waals surface area contributed by atoms with Crippen LogP contribution in [0.25, 0.3) is 0 Å². The minimum Gasteiger partial charge on any atom is -0.278 e. The minimum absolute atomic E-state index is 0.184. The number of hydrogen-bond acceptors (Lipinski definition) is 2. The first-order valence-corrected chi connectivity index (χ1v) is 8.71. The molecule has 0 amide bonds. The van der Waals surface area contributed by atoms with Gasteiger partial charge < -0.3 is 0 Å². The molecule has 0 saturated heterocycles. The van der Waals surface area contributed by atoms with Crippen LogP contribution in [0, 0.1) is 18.6 Å². The van der Waals surface area contributed by atoms with Gasteiger partial charge in [0.2, 0.25) is 0 Å². The molecule has 0 bridgehead atoms. The molecule has 0 unspecified atom stereocenters. The molecule has 0 spiro atoms. The zero-order valence-electron chi connectivity index (χ0n) is 10.6. The number of anilines is 1. The van der Waals surface area contributed by atoms with Crippen molar-refractivity contribution in [3.05, 3.63) is 56.5 Å². The average molecular weight is 441 g/mol. The van der Waals surface area contributed by atoms with Crippen LogP contribution in [0.4, 0.5) is 14.5 Å². The molecule has 2 aromatic carbocycles. The molecule has 0 fully saturated rings. The van der Waals surface area contributed by atoms with Gasteiger partial charge in [-0.05, 0) is 62.5 Å². The van der Waals surface area contributed by atoms with Gasteiger partial charge in [0.1, 0.15) is 16.5 Å². The predicted molar refractivity (Wildman–Crippen MR) is 83.7 cm³/mol. The van der Waals surface area contributed by atoms with Crippen molar-refractivity contribution in [1.29, 1.82) is 0 Å². The second-order valence-electron chi connectivity index (χ2n) is 4.29. The highest BCUT2D eigenvalue weighted by Gasteiger charge is 2.24. The molecule has 1 N–H and O–H groups in total. The molecule has 0 atom stereocenters. The molecule has 8 heteroatoms. The first-order valence-electron chi connectivity index (χ1n) is 5.64. The molecule has 112 valence electrons. The molecular formula is C13H9Br2F2NO2S. The highest BCUT2D eigenvalue weighted by atomic mass is 79.9. The topological polar surface area (TPSA) is 46.2 Å². The summed E-state index contributed by atoms with van der Waals surface area (Å²) in [4.78, 5) is -0.641. The van der Waals surface area contributed by atoms with Crippen LogP contribution < -0.4 is 4.72 Å². The Labute approximate surface area is 137 Å². The average Bonchev–Trinajstić information content (AvgIpc) is 2.31. The molecule has 0 aliphatic carbocycles. The highest BCUT2D eigenvalue weighted by Crippen LogP contribution is 2.30. The van der Waals surface area contributed by atoms with Gasteiger partial charge >= 0.3 is 0 Å². The molecule has 0 radical (unpaired) electrons. The Kier molecular flexibility index (Phi) is 4.69. The van der Waals surface area contributed by atoms with E-state index in [0.717, 1.165) is 11.6 Å². The minimum atomic E-state index is -4.20. The lowest BCUT2D eigenvalue weighted by Crippen LogP contribution is -2.16. The van der Waals surface area contributed by atoms with Crippen LogP contribution in [-0.2, 0) is 10.0 Å². The SMILES string of the molecule is Cc1ccc(Br)c(NS(=O)(=O)c2c(F)cc(F)cc2Br)c1. The van der Waals surface area contributed by atoms with Gasteiger partial charge in [0, 0.05) is 15.0 Å². The van der Waals surface area contributed by atoms with Crippen molar-refractivity contribution in [3.8, 4) is 0 Å². The maximum Gasteiger partial charge on any atom is 0.265 e. The van der Waals surface area contributed by atoms with Crippen molar-refractivity contribution in [1.82, 2.24) is 0 Å². The molecular weight excluding hydrogens is 432 g/mol. The van der Waals surface area contributed by atoms with Crippen LogP contribution in [0.3, 0.4) is 0 Å². The fourth-order valence-electron chi connectivity index (χ4n) is 1.70. The highest BCUT2D eigenvalue weighted by molar-refractivity contribution is 9.11. The van der Waals surface area contributed by atoms with Crippen LogP contribution >= 0.6 is 31.9 Å². The maximum atomic E-state index is 13.8. The molecule has 0 saturated carbocycles. The van der Waals surface area contributed by atoms with E-state index < -0.39 is 26.6 Å². The van der Waals surface area contributed by atoms with Gasteiger partial charge in [-0.3, -0.25) is 4.72 Å². The maximum absolute atomic E-state index is 13.8. The van der Waals surface area contributed by atoms with Gasteiger partial charge in [0.15, 0.2) is 0 Å². The summed E-state index contributed by atoms with van der Waals surface area (Å²) in [5.41, 5.74) is 1.10. The number of aryl methyl sites for hydroxylation is 1. The van der Waals surface area contributed by atoms with Gasteiger partial charge in [0.05, 0.1) is 5.69 Å². The zero-order valence-corrected chi connectivity index (χ0v) is 14.6. The van der Waals surface area contributed by atoms with Crippen LogP contribution in [-0.4, -0.2) is 8.42 Å². The van der Waals surface area contributed by atoms with E-state index in [1.165, 1.54) is 0 Å². The zero-order chi connectivity index (χ0) is 15.8. The number of sulfonamides is 1. The Balaban J connectivity index is 2.51. The van der Waals surface area contributed by atoms with Gasteiger partial charge in [-0.15, -0.1) is 0 Å². The third-order valence-corrected chi connectivity index (χ3v) is 5.62. The Morgan fingerprint density at radius 1 is 1.05 bits per heavy atom. The Morgan fingerprint density at radius 3 is 2.33 bits per heavy atom. The normalized spacial score (nSPS) is 11.5. The number of rotatable bonds is 3. The summed E-state index contributed by atoms with van der Waals surface area (Å²) in [6.07, 6.45) is 0. The van der Waals surface area contributed by atoms with Crippen molar-refractivity contribution in [2.45, 2.75) is 11.8 Å². The fraction of sp³-hybridized carbons (Fsp3) is 0.0769. The standard InChI is InChI=1S/C13H9Br2F2NO2S/c1-7-2-3-9(14)12(4-7)18-21(19,20)13-10(15)5-8(16)6-11(13)17/h2-6,18H,1H3. The Hall–Kier alpha value is -0.990. The lowest BCUT2D eigenvalue weighted by molar-refractivity contribution is 0.548. The van der Waals surface area contributed by atoms with Gasteiger partial charge in [-0.2, -0.15) is 0 Å². The van der Waals surface area contributed by atoms with Crippen LogP contribution in [0.5, 0.6) is 0 Å². The Bertz CT molecular complexity index is 787. The first kappa shape index (κ1) is 16.4. The van der Waals surface area contributed by atoms with Crippen molar-refractivity contribution >= 4 is 47.6 Å². The van der Waals surface area contributed by atoms with E-state index in [4.69, 9.17) is 0 Å². The third kappa shape index (κ3) is 3.61. The monoisotopic (exact) mass is 439 g/mol. The third-order valence-electron chi connectivity index (χ3n) is 2.60. The Morgan fingerprint density at radius 2 is 1.71 bits per heavy atom.